The van der Waals surface area contributed by atoms with Crippen LogP contribution in [0.3, 0.4) is 0 Å². The van der Waals surface area contributed by atoms with Crippen molar-refractivity contribution in [2.45, 2.75) is 35.3 Å². The summed E-state index contributed by atoms with van der Waals surface area (Å²) in [6.07, 6.45) is 3.20. The molecule has 1 aliphatic rings. The molecule has 2 atom stereocenters. The van der Waals surface area contributed by atoms with Crippen LogP contribution in [0.2, 0.25) is 0 Å². The zero-order chi connectivity index (χ0) is 17.9. The van der Waals surface area contributed by atoms with Crippen molar-refractivity contribution in [2.75, 3.05) is 6.54 Å². The molecule has 26 heavy (non-hydrogen) atoms. The highest BCUT2D eigenvalue weighted by atomic mass is 32.2. The number of hydrogen-bond acceptors (Lipinski definition) is 5. The molecule has 4 nitrogen and oxygen atoms in total. The molecule has 1 aromatic carbocycles. The minimum atomic E-state index is -0.117. The number of carbonyl (C=O) groups excluding carboxylic acids is 1. The van der Waals surface area contributed by atoms with Gasteiger partial charge in [-0.15, -0.1) is 23.1 Å². The van der Waals surface area contributed by atoms with Gasteiger partial charge in [0.25, 0.3) is 5.91 Å². The highest BCUT2D eigenvalue weighted by molar-refractivity contribution is 8.00. The summed E-state index contributed by atoms with van der Waals surface area (Å²) in [6, 6.07) is 12.2. The molecule has 1 saturated carbocycles. The van der Waals surface area contributed by atoms with Gasteiger partial charge in [0, 0.05) is 22.7 Å². The van der Waals surface area contributed by atoms with Crippen LogP contribution in [0.4, 0.5) is 0 Å². The Morgan fingerprint density at radius 2 is 2.15 bits per heavy atom. The summed E-state index contributed by atoms with van der Waals surface area (Å²) in [5.41, 5.74) is 7.59. The van der Waals surface area contributed by atoms with Crippen molar-refractivity contribution in [2.24, 2.45) is 11.7 Å². The van der Waals surface area contributed by atoms with Crippen LogP contribution in [0.5, 0.6) is 0 Å². The Bertz CT molecular complexity index is 888. The van der Waals surface area contributed by atoms with Gasteiger partial charge in [-0.2, -0.15) is 0 Å². The lowest BCUT2D eigenvalue weighted by Gasteiger charge is -2.19. The number of fused-ring (bicyclic) bond motifs is 1. The second kappa shape index (κ2) is 7.86. The van der Waals surface area contributed by atoms with Crippen molar-refractivity contribution in [1.82, 2.24) is 5.32 Å². The minimum Gasteiger partial charge on any atom is -0.451 e. The van der Waals surface area contributed by atoms with Crippen LogP contribution in [0.1, 0.15) is 35.4 Å². The Morgan fingerprint density at radius 1 is 1.27 bits per heavy atom. The fraction of sp³-hybridized carbons (Fsp3) is 0.350. The van der Waals surface area contributed by atoms with Crippen molar-refractivity contribution in [3.8, 4) is 0 Å². The maximum absolute atomic E-state index is 13.0. The van der Waals surface area contributed by atoms with Gasteiger partial charge in [0.15, 0.2) is 5.76 Å². The molecule has 0 saturated heterocycles. The van der Waals surface area contributed by atoms with E-state index in [-0.39, 0.29) is 11.9 Å². The maximum atomic E-state index is 13.0. The van der Waals surface area contributed by atoms with E-state index in [0.29, 0.717) is 24.0 Å². The summed E-state index contributed by atoms with van der Waals surface area (Å²) < 4.78 is 7.19. The highest BCUT2D eigenvalue weighted by Crippen LogP contribution is 2.34. The van der Waals surface area contributed by atoms with Crippen LogP contribution in [0.15, 0.2) is 50.4 Å². The zero-order valence-electron chi connectivity index (χ0n) is 14.4. The van der Waals surface area contributed by atoms with Crippen molar-refractivity contribution >= 4 is 40.0 Å². The summed E-state index contributed by atoms with van der Waals surface area (Å²) in [5.74, 6) is 1.41. The number of amides is 1. The molecule has 1 fully saturated rings. The molecule has 136 valence electrons. The van der Waals surface area contributed by atoms with Gasteiger partial charge in [0.2, 0.25) is 0 Å². The lowest BCUT2D eigenvalue weighted by molar-refractivity contribution is 0.0902. The quantitative estimate of drug-likeness (QED) is 0.606. The Hall–Kier alpha value is -1.76. The predicted molar refractivity (Wildman–Crippen MR) is 108 cm³/mol. The first-order valence-corrected chi connectivity index (χ1v) is 10.8. The Labute approximate surface area is 161 Å². The first-order chi connectivity index (χ1) is 12.8. The van der Waals surface area contributed by atoms with Crippen LogP contribution < -0.4 is 11.1 Å². The van der Waals surface area contributed by atoms with Gasteiger partial charge in [0.1, 0.15) is 5.58 Å². The van der Waals surface area contributed by atoms with Crippen molar-refractivity contribution in [1.29, 1.82) is 0 Å². The third-order valence-corrected chi connectivity index (χ3v) is 7.19. The molecule has 4 rings (SSSR count). The Morgan fingerprint density at radius 3 is 2.96 bits per heavy atom. The van der Waals surface area contributed by atoms with Crippen LogP contribution in [0, 0.1) is 5.92 Å². The van der Waals surface area contributed by atoms with Crippen molar-refractivity contribution in [3.63, 3.8) is 0 Å². The molecular formula is C20H22N2O2S2. The fourth-order valence-electron chi connectivity index (χ4n) is 3.66. The molecule has 3 aromatic rings. The SMILES string of the molecule is NCC1CCCC1NC(=O)c1oc2ccccc2c1CSc1cccs1. The number of carbonyl (C=O) groups is 1. The summed E-state index contributed by atoms with van der Waals surface area (Å²) in [5, 5.41) is 6.25. The normalized spacial score (nSPS) is 19.9. The van der Waals surface area contributed by atoms with Crippen molar-refractivity contribution < 1.29 is 9.21 Å². The summed E-state index contributed by atoms with van der Waals surface area (Å²) in [7, 11) is 0. The van der Waals surface area contributed by atoms with Gasteiger partial charge in [0.05, 0.1) is 4.21 Å². The summed E-state index contributed by atoms with van der Waals surface area (Å²) in [6.45, 7) is 0.617. The first kappa shape index (κ1) is 17.6. The third-order valence-electron chi connectivity index (χ3n) is 5.04. The minimum absolute atomic E-state index is 0.117. The lowest BCUT2D eigenvalue weighted by Crippen LogP contribution is -2.40. The number of para-hydroxylation sites is 1. The number of rotatable bonds is 6. The molecule has 1 amide bonds. The number of thiophene rings is 1. The first-order valence-electron chi connectivity index (χ1n) is 8.94. The van der Waals surface area contributed by atoms with E-state index in [2.05, 4.69) is 16.8 Å². The van der Waals surface area contributed by atoms with Gasteiger partial charge >= 0.3 is 0 Å². The Balaban J connectivity index is 1.60. The average molecular weight is 387 g/mol. The molecular weight excluding hydrogens is 364 g/mol. The molecule has 0 aliphatic heterocycles. The number of nitrogens with one attached hydrogen (secondary N) is 1. The molecule has 0 bridgehead atoms. The largest absolute Gasteiger partial charge is 0.451 e. The van der Waals surface area contributed by atoms with E-state index >= 15 is 0 Å². The van der Waals surface area contributed by atoms with Gasteiger partial charge < -0.3 is 15.5 Å². The summed E-state index contributed by atoms with van der Waals surface area (Å²) in [4.78, 5) is 13.0. The number of thioether (sulfide) groups is 1. The van der Waals surface area contributed by atoms with Gasteiger partial charge in [-0.25, -0.2) is 0 Å². The average Bonchev–Trinajstić information content (AvgIpc) is 3.39. The third kappa shape index (κ3) is 3.54. The van der Waals surface area contributed by atoms with E-state index in [4.69, 9.17) is 10.2 Å². The number of nitrogens with two attached hydrogens (primary N) is 1. The zero-order valence-corrected chi connectivity index (χ0v) is 16.1. The molecule has 0 radical (unpaired) electrons. The number of hydrogen-bond donors (Lipinski definition) is 2. The van der Waals surface area contributed by atoms with Crippen LogP contribution >= 0.6 is 23.1 Å². The molecule has 0 spiro atoms. The highest BCUT2D eigenvalue weighted by Gasteiger charge is 2.30. The predicted octanol–water partition coefficient (Wildman–Crippen LogP) is 4.64. The second-order valence-electron chi connectivity index (χ2n) is 6.63. The molecule has 2 heterocycles. The molecule has 3 N–H and O–H groups in total. The summed E-state index contributed by atoms with van der Waals surface area (Å²) >= 11 is 3.45. The standard InChI is InChI=1S/C20H22N2O2S2/c21-11-13-5-3-7-16(13)22-20(23)19-15(12-26-18-9-4-10-25-18)14-6-1-2-8-17(14)24-19/h1-2,4,6,8-10,13,16H,3,5,7,11-12,21H2,(H,22,23). The van der Waals surface area contributed by atoms with Gasteiger partial charge in [-0.05, 0) is 42.8 Å². The van der Waals surface area contributed by atoms with E-state index in [9.17, 15) is 4.79 Å². The monoisotopic (exact) mass is 386 g/mol. The van der Waals surface area contributed by atoms with Gasteiger partial charge in [-0.3, -0.25) is 4.79 Å². The second-order valence-corrected chi connectivity index (χ2v) is 8.86. The number of benzene rings is 1. The van der Waals surface area contributed by atoms with E-state index in [1.807, 2.05) is 30.3 Å². The number of furan rings is 1. The van der Waals surface area contributed by atoms with E-state index < -0.39 is 0 Å². The van der Waals surface area contributed by atoms with Gasteiger partial charge in [-0.1, -0.05) is 30.7 Å². The van der Waals surface area contributed by atoms with E-state index in [1.165, 1.54) is 4.21 Å². The van der Waals surface area contributed by atoms with Crippen LogP contribution in [-0.4, -0.2) is 18.5 Å². The van der Waals surface area contributed by atoms with E-state index in [0.717, 1.165) is 35.8 Å². The molecule has 6 heteroatoms. The van der Waals surface area contributed by atoms with E-state index in [1.54, 1.807) is 23.1 Å². The lowest BCUT2D eigenvalue weighted by atomic mass is 10.0. The molecule has 1 aliphatic carbocycles. The molecule has 2 unspecified atom stereocenters. The van der Waals surface area contributed by atoms with Crippen LogP contribution in [-0.2, 0) is 5.75 Å². The van der Waals surface area contributed by atoms with Crippen molar-refractivity contribution in [3.05, 3.63) is 53.1 Å². The topological polar surface area (TPSA) is 68.3 Å². The maximum Gasteiger partial charge on any atom is 0.287 e. The Kier molecular flexibility index (Phi) is 5.33. The van der Waals surface area contributed by atoms with Crippen LogP contribution in [0.25, 0.3) is 11.0 Å². The smallest absolute Gasteiger partial charge is 0.287 e. The molecule has 2 aromatic heterocycles. The fourth-order valence-corrected chi connectivity index (χ4v) is 5.47.